The second kappa shape index (κ2) is 9.32. The third-order valence-corrected chi connectivity index (χ3v) is 6.92. The van der Waals surface area contributed by atoms with Crippen LogP contribution in [0, 0.1) is 5.82 Å². The third kappa shape index (κ3) is 4.55. The predicted molar refractivity (Wildman–Crippen MR) is 114 cm³/mol. The lowest BCUT2D eigenvalue weighted by Crippen LogP contribution is -2.60. The quantitative estimate of drug-likeness (QED) is 0.707. The molecule has 0 spiro atoms. The zero-order valence-corrected chi connectivity index (χ0v) is 18.0. The number of aliphatic imine (C=N–C) groups is 1. The average Bonchev–Trinajstić information content (AvgIpc) is 3.26. The van der Waals surface area contributed by atoms with Crippen molar-refractivity contribution in [2.45, 2.75) is 23.7 Å². The fraction of sp³-hybridized carbons (Fsp3) is 0.571. The first-order valence-corrected chi connectivity index (χ1v) is 11.5. The highest BCUT2D eigenvalue weighted by molar-refractivity contribution is 7.99. The Balaban J connectivity index is 1.28. The van der Waals surface area contributed by atoms with E-state index in [4.69, 9.17) is 9.47 Å². The number of thioether (sulfide) groups is 1. The standard InChI is InChI=1S/C21H28F2N4O2S/c1-30-21(24-15-19(23)16-25-21)27-11-9-26(10-12-27)8-2-7-20(28-13-14-29-20)17-3-5-18(22)6-4-17/h3-6,15-16,24H,2,7-14H2,1H3. The Labute approximate surface area is 180 Å². The molecule has 4 rings (SSSR count). The van der Waals surface area contributed by atoms with E-state index in [-0.39, 0.29) is 11.6 Å². The molecular formula is C21H28F2N4O2S. The Kier molecular flexibility index (Phi) is 6.74. The van der Waals surface area contributed by atoms with Crippen molar-refractivity contribution in [3.63, 3.8) is 0 Å². The van der Waals surface area contributed by atoms with Crippen LogP contribution in [-0.4, -0.2) is 73.3 Å². The highest BCUT2D eigenvalue weighted by Crippen LogP contribution is 2.36. The molecule has 3 aliphatic heterocycles. The van der Waals surface area contributed by atoms with Crippen molar-refractivity contribution in [3.8, 4) is 0 Å². The molecule has 0 radical (unpaired) electrons. The second-order valence-electron chi connectivity index (χ2n) is 7.63. The molecule has 1 unspecified atom stereocenters. The number of nitrogens with one attached hydrogen (secondary N) is 1. The van der Waals surface area contributed by atoms with Gasteiger partial charge in [0.1, 0.15) is 5.82 Å². The molecule has 0 amide bonds. The van der Waals surface area contributed by atoms with Gasteiger partial charge in [-0.25, -0.2) is 13.8 Å². The first-order valence-electron chi connectivity index (χ1n) is 10.3. The summed E-state index contributed by atoms with van der Waals surface area (Å²) in [5.74, 6) is -1.39. The maximum atomic E-state index is 13.3. The number of halogens is 2. The number of benzene rings is 1. The van der Waals surface area contributed by atoms with Crippen LogP contribution in [0.4, 0.5) is 8.78 Å². The normalized spacial score (nSPS) is 27.1. The van der Waals surface area contributed by atoms with E-state index in [2.05, 4.69) is 20.1 Å². The maximum Gasteiger partial charge on any atom is 0.237 e. The van der Waals surface area contributed by atoms with E-state index in [1.54, 1.807) is 23.9 Å². The van der Waals surface area contributed by atoms with Crippen molar-refractivity contribution >= 4 is 18.0 Å². The van der Waals surface area contributed by atoms with Crippen LogP contribution in [0.1, 0.15) is 18.4 Å². The summed E-state index contributed by atoms with van der Waals surface area (Å²) in [4.78, 5) is 9.07. The van der Waals surface area contributed by atoms with Gasteiger partial charge in [0, 0.05) is 44.4 Å². The van der Waals surface area contributed by atoms with Crippen LogP contribution < -0.4 is 5.32 Å². The van der Waals surface area contributed by atoms with Gasteiger partial charge in [0.05, 0.1) is 19.4 Å². The number of rotatable bonds is 7. The van der Waals surface area contributed by atoms with E-state index in [0.29, 0.717) is 13.2 Å². The first kappa shape index (κ1) is 21.7. The molecule has 1 aromatic carbocycles. The minimum atomic E-state index is -0.768. The smallest absolute Gasteiger partial charge is 0.237 e. The summed E-state index contributed by atoms with van der Waals surface area (Å²) < 4.78 is 38.5. The predicted octanol–water partition coefficient (Wildman–Crippen LogP) is 2.88. The molecule has 3 aliphatic rings. The van der Waals surface area contributed by atoms with Crippen molar-refractivity contribution in [1.29, 1.82) is 0 Å². The minimum absolute atomic E-state index is 0.261. The van der Waals surface area contributed by atoms with Gasteiger partial charge in [-0.2, -0.15) is 0 Å². The number of hydrogen-bond donors (Lipinski definition) is 1. The monoisotopic (exact) mass is 438 g/mol. The van der Waals surface area contributed by atoms with Crippen LogP contribution in [-0.2, 0) is 15.3 Å². The van der Waals surface area contributed by atoms with E-state index in [1.807, 2.05) is 6.26 Å². The molecule has 2 fully saturated rings. The van der Waals surface area contributed by atoms with Crippen molar-refractivity contribution in [2.75, 3.05) is 52.2 Å². The fourth-order valence-corrected chi connectivity index (χ4v) is 5.00. The maximum absolute atomic E-state index is 13.3. The number of hydrogen-bond acceptors (Lipinski definition) is 7. The van der Waals surface area contributed by atoms with Crippen LogP contribution in [0.3, 0.4) is 0 Å². The van der Waals surface area contributed by atoms with Gasteiger partial charge in [-0.15, -0.1) is 0 Å². The van der Waals surface area contributed by atoms with E-state index < -0.39 is 10.9 Å². The topological polar surface area (TPSA) is 49.3 Å². The molecule has 0 saturated carbocycles. The summed E-state index contributed by atoms with van der Waals surface area (Å²) in [6.07, 6.45) is 6.28. The summed E-state index contributed by atoms with van der Waals surface area (Å²) >= 11 is 1.56. The number of piperazine rings is 1. The fourth-order valence-electron chi connectivity index (χ4n) is 4.22. The molecule has 0 aromatic heterocycles. The Morgan fingerprint density at radius 2 is 1.80 bits per heavy atom. The molecular weight excluding hydrogens is 410 g/mol. The average molecular weight is 439 g/mol. The highest BCUT2D eigenvalue weighted by Gasteiger charge is 2.40. The molecule has 1 atom stereocenters. The van der Waals surface area contributed by atoms with Gasteiger partial charge in [0.25, 0.3) is 0 Å². The van der Waals surface area contributed by atoms with Gasteiger partial charge >= 0.3 is 0 Å². The van der Waals surface area contributed by atoms with E-state index in [0.717, 1.165) is 51.1 Å². The van der Waals surface area contributed by atoms with Crippen LogP contribution >= 0.6 is 11.8 Å². The van der Waals surface area contributed by atoms with E-state index >= 15 is 0 Å². The van der Waals surface area contributed by atoms with Gasteiger partial charge in [0.2, 0.25) is 5.12 Å². The number of allylic oxidation sites excluding steroid dienone is 1. The summed E-state index contributed by atoms with van der Waals surface area (Å²) in [5, 5.41) is 2.47. The molecule has 6 nitrogen and oxygen atoms in total. The molecule has 0 bridgehead atoms. The van der Waals surface area contributed by atoms with Crippen molar-refractivity contribution in [1.82, 2.24) is 15.1 Å². The molecule has 164 valence electrons. The van der Waals surface area contributed by atoms with Crippen molar-refractivity contribution < 1.29 is 18.3 Å². The Bertz CT molecular complexity index is 778. The number of nitrogens with zero attached hydrogens (tertiary/aromatic N) is 3. The highest BCUT2D eigenvalue weighted by atomic mass is 32.2. The Morgan fingerprint density at radius 1 is 1.10 bits per heavy atom. The van der Waals surface area contributed by atoms with Gasteiger partial charge in [-0.05, 0) is 31.4 Å². The summed E-state index contributed by atoms with van der Waals surface area (Å²) in [6, 6.07) is 6.39. The zero-order valence-electron chi connectivity index (χ0n) is 17.2. The van der Waals surface area contributed by atoms with Gasteiger partial charge < -0.3 is 19.7 Å². The lowest BCUT2D eigenvalue weighted by molar-refractivity contribution is -0.172. The molecule has 1 N–H and O–H groups in total. The van der Waals surface area contributed by atoms with Crippen LogP contribution in [0.15, 0.2) is 41.3 Å². The first-order chi connectivity index (χ1) is 14.6. The van der Waals surface area contributed by atoms with Gasteiger partial charge in [-0.3, -0.25) is 4.90 Å². The van der Waals surface area contributed by atoms with E-state index in [9.17, 15) is 8.78 Å². The largest absolute Gasteiger partial charge is 0.343 e. The molecule has 2 saturated heterocycles. The third-order valence-electron chi connectivity index (χ3n) is 5.86. The second-order valence-corrected chi connectivity index (χ2v) is 8.61. The van der Waals surface area contributed by atoms with Crippen LogP contribution in [0.2, 0.25) is 0 Å². The molecule has 9 heteroatoms. The van der Waals surface area contributed by atoms with E-state index in [1.165, 1.54) is 24.5 Å². The lowest BCUT2D eigenvalue weighted by Gasteiger charge is -2.45. The summed E-state index contributed by atoms with van der Waals surface area (Å²) in [5.41, 5.74) is 0.870. The molecule has 1 aromatic rings. The molecule has 3 heterocycles. The molecule has 30 heavy (non-hydrogen) atoms. The lowest BCUT2D eigenvalue weighted by atomic mass is 10.00. The SMILES string of the molecule is CSC1(N2CCN(CCCC3(c4ccc(F)cc4)OCCO3)CC2)N=CC(F)=CN1. The number of ether oxygens (including phenoxy) is 2. The zero-order chi connectivity index (χ0) is 21.0. The Morgan fingerprint density at radius 3 is 2.40 bits per heavy atom. The minimum Gasteiger partial charge on any atom is -0.343 e. The van der Waals surface area contributed by atoms with Crippen LogP contribution in [0.25, 0.3) is 0 Å². The van der Waals surface area contributed by atoms with Crippen molar-refractivity contribution in [3.05, 3.63) is 47.7 Å². The van der Waals surface area contributed by atoms with Gasteiger partial charge in [-0.1, -0.05) is 23.9 Å². The van der Waals surface area contributed by atoms with Crippen LogP contribution in [0.5, 0.6) is 0 Å². The molecule has 0 aliphatic carbocycles. The Hall–Kier alpha value is -1.52. The summed E-state index contributed by atoms with van der Waals surface area (Å²) in [7, 11) is 0. The van der Waals surface area contributed by atoms with Gasteiger partial charge in [0.15, 0.2) is 11.6 Å². The summed E-state index contributed by atoms with van der Waals surface area (Å²) in [6.45, 7) is 5.55. The van der Waals surface area contributed by atoms with Crippen molar-refractivity contribution in [2.24, 2.45) is 4.99 Å².